The van der Waals surface area contributed by atoms with Gasteiger partial charge in [0, 0.05) is 23.3 Å². The van der Waals surface area contributed by atoms with E-state index < -0.39 is 11.8 Å². The molecule has 8 nitrogen and oxygen atoms in total. The van der Waals surface area contributed by atoms with E-state index in [1.807, 2.05) is 27.8 Å². The molecule has 3 amide bonds. The van der Waals surface area contributed by atoms with E-state index in [2.05, 4.69) is 21.0 Å². The number of nitrogens with zero attached hydrogens (tertiary/aromatic N) is 2. The second kappa shape index (κ2) is 9.76. The summed E-state index contributed by atoms with van der Waals surface area (Å²) in [6.07, 6.45) is 0. The number of aromatic nitrogens is 2. The van der Waals surface area contributed by atoms with Crippen molar-refractivity contribution in [2.24, 2.45) is 7.05 Å². The van der Waals surface area contributed by atoms with Crippen LogP contribution >= 0.6 is 23.2 Å². The molecule has 1 aromatic carbocycles. The first-order chi connectivity index (χ1) is 13.6. The summed E-state index contributed by atoms with van der Waals surface area (Å²) in [4.78, 5) is 36.1. The SMILES string of the molecule is Cc1nn(C)c(C)c1C(C)NC(=O)CNC(=O)CNC(=O)c1ccc(Cl)cc1Cl. The first-order valence-corrected chi connectivity index (χ1v) is 9.65. The van der Waals surface area contributed by atoms with Crippen molar-refractivity contribution < 1.29 is 14.4 Å². The molecule has 0 bridgehead atoms. The predicted molar refractivity (Wildman–Crippen MR) is 111 cm³/mol. The first-order valence-electron chi connectivity index (χ1n) is 8.89. The summed E-state index contributed by atoms with van der Waals surface area (Å²) in [5.74, 6) is -1.36. The minimum atomic E-state index is -0.512. The molecule has 1 unspecified atom stereocenters. The van der Waals surface area contributed by atoms with Crippen LogP contribution in [-0.2, 0) is 16.6 Å². The number of rotatable bonds is 7. The lowest BCUT2D eigenvalue weighted by molar-refractivity contribution is -0.125. The largest absolute Gasteiger partial charge is 0.348 e. The fourth-order valence-electron chi connectivity index (χ4n) is 2.95. The number of hydrogen-bond acceptors (Lipinski definition) is 4. The number of benzene rings is 1. The van der Waals surface area contributed by atoms with Crippen LogP contribution in [0, 0.1) is 13.8 Å². The van der Waals surface area contributed by atoms with E-state index in [1.54, 1.807) is 4.68 Å². The molecule has 1 aromatic heterocycles. The van der Waals surface area contributed by atoms with Gasteiger partial charge < -0.3 is 16.0 Å². The number of hydrogen-bond donors (Lipinski definition) is 3. The van der Waals surface area contributed by atoms with Gasteiger partial charge in [0.05, 0.1) is 35.4 Å². The van der Waals surface area contributed by atoms with E-state index in [9.17, 15) is 14.4 Å². The molecule has 0 saturated carbocycles. The first kappa shape index (κ1) is 22.7. The smallest absolute Gasteiger partial charge is 0.253 e. The van der Waals surface area contributed by atoms with Crippen LogP contribution in [0.5, 0.6) is 0 Å². The number of aryl methyl sites for hydroxylation is 2. The van der Waals surface area contributed by atoms with Crippen molar-refractivity contribution in [3.05, 3.63) is 50.8 Å². The molecule has 10 heteroatoms. The summed E-state index contributed by atoms with van der Waals surface area (Å²) < 4.78 is 1.75. The minimum Gasteiger partial charge on any atom is -0.348 e. The molecular weight excluding hydrogens is 417 g/mol. The summed E-state index contributed by atoms with van der Waals surface area (Å²) in [6, 6.07) is 4.18. The second-order valence-corrected chi connectivity index (χ2v) is 7.42. The highest BCUT2D eigenvalue weighted by Gasteiger charge is 2.18. The van der Waals surface area contributed by atoms with Gasteiger partial charge in [-0.1, -0.05) is 23.2 Å². The Morgan fingerprint density at radius 3 is 2.34 bits per heavy atom. The molecule has 1 heterocycles. The van der Waals surface area contributed by atoms with Crippen LogP contribution < -0.4 is 16.0 Å². The summed E-state index contributed by atoms with van der Waals surface area (Å²) in [7, 11) is 1.84. The fraction of sp³-hybridized carbons (Fsp3) is 0.368. The van der Waals surface area contributed by atoms with Gasteiger partial charge in [0.1, 0.15) is 0 Å². The Kier molecular flexibility index (Phi) is 7.64. The number of carbonyl (C=O) groups is 3. The average molecular weight is 440 g/mol. The highest BCUT2D eigenvalue weighted by molar-refractivity contribution is 6.36. The molecule has 1 atom stereocenters. The van der Waals surface area contributed by atoms with E-state index in [4.69, 9.17) is 23.2 Å². The van der Waals surface area contributed by atoms with Crippen LogP contribution in [0.15, 0.2) is 18.2 Å². The lowest BCUT2D eigenvalue weighted by Crippen LogP contribution is -2.42. The van der Waals surface area contributed by atoms with Crippen LogP contribution in [0.1, 0.15) is 40.3 Å². The number of carbonyl (C=O) groups excluding carboxylic acids is 3. The second-order valence-electron chi connectivity index (χ2n) is 6.58. The molecule has 0 aliphatic carbocycles. The zero-order valence-corrected chi connectivity index (χ0v) is 18.1. The van der Waals surface area contributed by atoms with Crippen molar-refractivity contribution in [3.63, 3.8) is 0 Å². The van der Waals surface area contributed by atoms with E-state index in [1.165, 1.54) is 18.2 Å². The maximum atomic E-state index is 12.1. The summed E-state index contributed by atoms with van der Waals surface area (Å²) in [6.45, 7) is 5.16. The van der Waals surface area contributed by atoms with Gasteiger partial charge in [-0.25, -0.2) is 0 Å². The molecule has 29 heavy (non-hydrogen) atoms. The molecule has 0 fully saturated rings. The van der Waals surface area contributed by atoms with Crippen molar-refractivity contribution >= 4 is 40.9 Å². The van der Waals surface area contributed by atoms with E-state index in [0.717, 1.165) is 17.0 Å². The zero-order valence-electron chi connectivity index (χ0n) is 16.6. The van der Waals surface area contributed by atoms with Gasteiger partial charge in [-0.05, 0) is 39.0 Å². The van der Waals surface area contributed by atoms with Crippen molar-refractivity contribution in [2.45, 2.75) is 26.8 Å². The molecule has 0 aliphatic rings. The predicted octanol–water partition coefficient (Wildman–Crippen LogP) is 2.07. The quantitative estimate of drug-likeness (QED) is 0.613. The van der Waals surface area contributed by atoms with Crippen LogP contribution in [0.4, 0.5) is 0 Å². The van der Waals surface area contributed by atoms with Crippen molar-refractivity contribution in [1.29, 1.82) is 0 Å². The van der Waals surface area contributed by atoms with Gasteiger partial charge in [0.2, 0.25) is 11.8 Å². The Morgan fingerprint density at radius 2 is 1.76 bits per heavy atom. The molecule has 0 spiro atoms. The van der Waals surface area contributed by atoms with E-state index >= 15 is 0 Å². The van der Waals surface area contributed by atoms with E-state index in [-0.39, 0.29) is 35.6 Å². The molecular formula is C19H23Cl2N5O3. The van der Waals surface area contributed by atoms with Crippen molar-refractivity contribution in [1.82, 2.24) is 25.7 Å². The van der Waals surface area contributed by atoms with Gasteiger partial charge in [0.25, 0.3) is 5.91 Å². The van der Waals surface area contributed by atoms with Crippen molar-refractivity contribution in [2.75, 3.05) is 13.1 Å². The lowest BCUT2D eigenvalue weighted by atomic mass is 10.1. The van der Waals surface area contributed by atoms with Crippen LogP contribution in [0.25, 0.3) is 0 Å². The third kappa shape index (κ3) is 5.95. The highest BCUT2D eigenvalue weighted by atomic mass is 35.5. The molecule has 2 aromatic rings. The summed E-state index contributed by atoms with van der Waals surface area (Å²) in [5.41, 5.74) is 2.95. The van der Waals surface area contributed by atoms with Crippen LogP contribution in [0.2, 0.25) is 10.0 Å². The maximum absolute atomic E-state index is 12.1. The molecule has 3 N–H and O–H groups in total. The number of nitrogens with one attached hydrogen (secondary N) is 3. The summed E-state index contributed by atoms with van der Waals surface area (Å²) >= 11 is 11.8. The maximum Gasteiger partial charge on any atom is 0.253 e. The highest BCUT2D eigenvalue weighted by Crippen LogP contribution is 2.21. The van der Waals surface area contributed by atoms with Gasteiger partial charge in [0.15, 0.2) is 0 Å². The Labute approximate surface area is 178 Å². The zero-order chi connectivity index (χ0) is 21.7. The Bertz CT molecular complexity index is 942. The van der Waals surface area contributed by atoms with Gasteiger partial charge >= 0.3 is 0 Å². The Balaban J connectivity index is 1.79. The van der Waals surface area contributed by atoms with Gasteiger partial charge in [-0.3, -0.25) is 19.1 Å². The molecule has 0 aliphatic heterocycles. The van der Waals surface area contributed by atoms with Crippen molar-refractivity contribution in [3.8, 4) is 0 Å². The monoisotopic (exact) mass is 439 g/mol. The molecule has 0 radical (unpaired) electrons. The lowest BCUT2D eigenvalue weighted by Gasteiger charge is -2.15. The van der Waals surface area contributed by atoms with Crippen LogP contribution in [-0.4, -0.2) is 40.6 Å². The number of amides is 3. The Hall–Kier alpha value is -2.58. The topological polar surface area (TPSA) is 105 Å². The summed E-state index contributed by atoms with van der Waals surface area (Å²) in [5, 5.41) is 12.7. The standard InChI is InChI=1S/C19H23Cl2N5O3/c1-10(18-11(2)25-26(4)12(18)3)24-17(28)9-22-16(27)8-23-19(29)14-6-5-13(20)7-15(14)21/h5-7,10H,8-9H2,1-4H3,(H,22,27)(H,23,29)(H,24,28). The Morgan fingerprint density at radius 1 is 1.10 bits per heavy atom. The average Bonchev–Trinajstić information content (AvgIpc) is 2.89. The number of halogens is 2. The fourth-order valence-corrected chi connectivity index (χ4v) is 3.45. The van der Waals surface area contributed by atoms with Gasteiger partial charge in [-0.2, -0.15) is 5.10 Å². The molecule has 2 rings (SSSR count). The normalized spacial score (nSPS) is 11.7. The third-order valence-corrected chi connectivity index (χ3v) is 4.95. The van der Waals surface area contributed by atoms with Crippen LogP contribution in [0.3, 0.4) is 0 Å². The minimum absolute atomic E-state index is 0.185. The molecule has 0 saturated heterocycles. The third-order valence-electron chi connectivity index (χ3n) is 4.41. The van der Waals surface area contributed by atoms with E-state index in [0.29, 0.717) is 5.02 Å². The van der Waals surface area contributed by atoms with Gasteiger partial charge in [-0.15, -0.1) is 0 Å². The molecule has 156 valence electrons.